The molecule has 0 spiro atoms. The average molecular weight is 372 g/mol. The highest BCUT2D eigenvalue weighted by Crippen LogP contribution is 2.17. The summed E-state index contributed by atoms with van der Waals surface area (Å²) in [7, 11) is 0. The summed E-state index contributed by atoms with van der Waals surface area (Å²) in [6, 6.07) is 8.41. The van der Waals surface area contributed by atoms with Crippen molar-refractivity contribution < 1.29 is 23.9 Å². The molecule has 1 atom stereocenters. The lowest BCUT2D eigenvalue weighted by molar-refractivity contribution is -0.119. The number of hydrogen-bond acceptors (Lipinski definition) is 4. The molecule has 7 heteroatoms. The van der Waals surface area contributed by atoms with Gasteiger partial charge in [0, 0.05) is 30.6 Å². The molecule has 27 heavy (non-hydrogen) atoms. The van der Waals surface area contributed by atoms with Crippen LogP contribution in [0.2, 0.25) is 0 Å². The van der Waals surface area contributed by atoms with Gasteiger partial charge in [-0.2, -0.15) is 0 Å². The van der Waals surface area contributed by atoms with E-state index < -0.39 is 11.9 Å². The van der Waals surface area contributed by atoms with Crippen LogP contribution in [0.4, 0.5) is 5.69 Å². The molecule has 7 nitrogen and oxygen atoms in total. The summed E-state index contributed by atoms with van der Waals surface area (Å²) in [4.78, 5) is 35.4. The fourth-order valence-electron chi connectivity index (χ4n) is 2.46. The lowest BCUT2D eigenvalue weighted by Gasteiger charge is -2.11. The van der Waals surface area contributed by atoms with Gasteiger partial charge in [0.25, 0.3) is 5.91 Å². The summed E-state index contributed by atoms with van der Waals surface area (Å²) in [6.45, 7) is 5.78. The highest BCUT2D eigenvalue weighted by atomic mass is 16.4. The third kappa shape index (κ3) is 5.20. The third-order valence-electron chi connectivity index (χ3n) is 4.29. The van der Waals surface area contributed by atoms with Gasteiger partial charge in [-0.25, -0.2) is 4.79 Å². The molecule has 0 fully saturated rings. The molecular formula is C20H24N2O5. The largest absolute Gasteiger partial charge is 0.478 e. The Bertz CT molecular complexity index is 841. The Kier molecular flexibility index (Phi) is 6.76. The first-order valence-corrected chi connectivity index (χ1v) is 8.89. The predicted octanol–water partition coefficient (Wildman–Crippen LogP) is 3.45. The summed E-state index contributed by atoms with van der Waals surface area (Å²) in [5.74, 6) is -1.52. The number of hydrogen-bond donors (Lipinski definition) is 3. The molecule has 0 radical (unpaired) electrons. The van der Waals surface area contributed by atoms with Crippen LogP contribution in [-0.4, -0.2) is 22.9 Å². The van der Waals surface area contributed by atoms with Crippen LogP contribution in [0.5, 0.6) is 0 Å². The Morgan fingerprint density at radius 3 is 2.52 bits per heavy atom. The fraction of sp³-hybridized carbons (Fsp3) is 0.350. The maximum atomic E-state index is 12.2. The minimum Gasteiger partial charge on any atom is -0.478 e. The molecule has 0 aliphatic carbocycles. The van der Waals surface area contributed by atoms with Gasteiger partial charge in [0.15, 0.2) is 5.76 Å². The van der Waals surface area contributed by atoms with Gasteiger partial charge in [0.05, 0.1) is 0 Å². The Morgan fingerprint density at radius 1 is 1.19 bits per heavy atom. The first kappa shape index (κ1) is 20.2. The average Bonchev–Trinajstić information content (AvgIpc) is 3.10. The van der Waals surface area contributed by atoms with Gasteiger partial charge in [0.2, 0.25) is 5.91 Å². The Hall–Kier alpha value is -3.09. The molecule has 0 saturated carbocycles. The highest BCUT2D eigenvalue weighted by Gasteiger charge is 2.19. The van der Waals surface area contributed by atoms with E-state index in [0.717, 1.165) is 12.0 Å². The van der Waals surface area contributed by atoms with Crippen molar-refractivity contribution in [3.63, 3.8) is 0 Å². The summed E-state index contributed by atoms with van der Waals surface area (Å²) >= 11 is 0. The number of nitrogens with one attached hydrogen (secondary N) is 2. The second kappa shape index (κ2) is 9.02. The predicted molar refractivity (Wildman–Crippen MR) is 101 cm³/mol. The van der Waals surface area contributed by atoms with Crippen LogP contribution in [-0.2, 0) is 17.8 Å². The van der Waals surface area contributed by atoms with E-state index in [4.69, 9.17) is 9.52 Å². The van der Waals surface area contributed by atoms with Gasteiger partial charge in [-0.05, 0) is 24.1 Å². The smallest absolute Gasteiger partial charge is 0.339 e. The van der Waals surface area contributed by atoms with Gasteiger partial charge >= 0.3 is 5.97 Å². The molecule has 144 valence electrons. The van der Waals surface area contributed by atoms with E-state index in [1.807, 2.05) is 19.9 Å². The number of aromatic carboxylic acids is 1. The normalized spacial score (nSPS) is 11.7. The zero-order valence-corrected chi connectivity index (χ0v) is 15.7. The van der Waals surface area contributed by atoms with Gasteiger partial charge in [-0.15, -0.1) is 0 Å². The molecule has 1 aromatic carbocycles. The standard InChI is InChI=1S/C20H24N2O5/c1-4-12(3)18(23)22-14-8-6-7-13(9-14)11-21-19(24)17-10-15(20(25)26)16(5-2)27-17/h6-10,12H,4-5,11H2,1-3H3,(H,21,24)(H,22,23)(H,25,26). The molecule has 0 bridgehead atoms. The number of aryl methyl sites for hydroxylation is 1. The van der Waals surface area contributed by atoms with Crippen molar-refractivity contribution in [2.45, 2.75) is 40.2 Å². The van der Waals surface area contributed by atoms with Gasteiger partial charge in [-0.1, -0.05) is 32.9 Å². The Balaban J connectivity index is 2.02. The molecule has 3 N–H and O–H groups in total. The van der Waals surface area contributed by atoms with Gasteiger partial charge in [-0.3, -0.25) is 9.59 Å². The van der Waals surface area contributed by atoms with Crippen molar-refractivity contribution in [1.82, 2.24) is 5.32 Å². The van der Waals surface area contributed by atoms with Crippen molar-refractivity contribution >= 4 is 23.5 Å². The number of carbonyl (C=O) groups excluding carboxylic acids is 2. The number of carbonyl (C=O) groups is 3. The van der Waals surface area contributed by atoms with Crippen molar-refractivity contribution in [3.05, 3.63) is 53.0 Å². The number of amides is 2. The Morgan fingerprint density at radius 2 is 1.93 bits per heavy atom. The second-order valence-electron chi connectivity index (χ2n) is 6.29. The summed E-state index contributed by atoms with van der Waals surface area (Å²) in [5.41, 5.74) is 1.45. The molecule has 2 amide bonds. The summed E-state index contributed by atoms with van der Waals surface area (Å²) in [5, 5.41) is 14.7. The van der Waals surface area contributed by atoms with Gasteiger partial charge < -0.3 is 20.2 Å². The van der Waals surface area contributed by atoms with E-state index in [9.17, 15) is 14.4 Å². The molecule has 1 aromatic heterocycles. The van der Waals surface area contributed by atoms with Crippen molar-refractivity contribution in [1.29, 1.82) is 0 Å². The SMILES string of the molecule is CCc1oc(C(=O)NCc2cccc(NC(=O)C(C)CC)c2)cc1C(=O)O. The minimum absolute atomic E-state index is 0.00240. The quantitative estimate of drug-likeness (QED) is 0.657. The van der Waals surface area contributed by atoms with Crippen LogP contribution in [0.3, 0.4) is 0 Å². The van der Waals surface area contributed by atoms with E-state index >= 15 is 0 Å². The van der Waals surface area contributed by atoms with Crippen LogP contribution in [0, 0.1) is 5.92 Å². The zero-order chi connectivity index (χ0) is 20.0. The minimum atomic E-state index is -1.13. The fourth-order valence-corrected chi connectivity index (χ4v) is 2.46. The monoisotopic (exact) mass is 372 g/mol. The lowest BCUT2D eigenvalue weighted by Crippen LogP contribution is -2.23. The molecule has 0 aliphatic heterocycles. The number of furan rings is 1. The van der Waals surface area contributed by atoms with E-state index in [1.54, 1.807) is 25.1 Å². The molecule has 1 unspecified atom stereocenters. The van der Waals surface area contributed by atoms with E-state index in [1.165, 1.54) is 6.07 Å². The molecular weight excluding hydrogens is 348 g/mol. The zero-order valence-electron chi connectivity index (χ0n) is 15.7. The first-order valence-electron chi connectivity index (χ1n) is 8.89. The highest BCUT2D eigenvalue weighted by molar-refractivity contribution is 5.96. The lowest BCUT2D eigenvalue weighted by atomic mass is 10.1. The topological polar surface area (TPSA) is 109 Å². The van der Waals surface area contributed by atoms with Crippen LogP contribution >= 0.6 is 0 Å². The van der Waals surface area contributed by atoms with Crippen LogP contribution < -0.4 is 10.6 Å². The van der Waals surface area contributed by atoms with Crippen molar-refractivity contribution in [2.24, 2.45) is 5.92 Å². The molecule has 0 aliphatic rings. The number of carboxylic acid groups (broad SMARTS) is 1. The number of carboxylic acids is 1. The molecule has 1 heterocycles. The Labute approximate surface area is 157 Å². The summed E-state index contributed by atoms with van der Waals surface area (Å²) in [6.07, 6.45) is 1.13. The maximum Gasteiger partial charge on any atom is 0.339 e. The number of rotatable bonds is 8. The first-order chi connectivity index (χ1) is 12.8. The van der Waals surface area contributed by atoms with Crippen molar-refractivity contribution in [3.8, 4) is 0 Å². The molecule has 2 aromatic rings. The maximum absolute atomic E-state index is 12.2. The van der Waals surface area contributed by atoms with E-state index in [-0.39, 0.29) is 35.5 Å². The molecule has 2 rings (SSSR count). The number of anilines is 1. The van der Waals surface area contributed by atoms with E-state index in [0.29, 0.717) is 12.1 Å². The third-order valence-corrected chi connectivity index (χ3v) is 4.29. The van der Waals surface area contributed by atoms with Gasteiger partial charge in [0.1, 0.15) is 11.3 Å². The summed E-state index contributed by atoms with van der Waals surface area (Å²) < 4.78 is 5.34. The number of benzene rings is 1. The van der Waals surface area contributed by atoms with Crippen molar-refractivity contribution in [2.75, 3.05) is 5.32 Å². The van der Waals surface area contributed by atoms with Crippen LogP contribution in [0.15, 0.2) is 34.7 Å². The van der Waals surface area contributed by atoms with Crippen LogP contribution in [0.1, 0.15) is 59.4 Å². The van der Waals surface area contributed by atoms with E-state index in [2.05, 4.69) is 10.6 Å². The molecule has 0 saturated heterocycles. The second-order valence-corrected chi connectivity index (χ2v) is 6.29. The van der Waals surface area contributed by atoms with Crippen LogP contribution in [0.25, 0.3) is 0 Å².